The van der Waals surface area contributed by atoms with Crippen LogP contribution in [0.2, 0.25) is 0 Å². The lowest BCUT2D eigenvalue weighted by atomic mass is 9.91. The fourth-order valence-corrected chi connectivity index (χ4v) is 2.59. The third kappa shape index (κ3) is 4.45. The first-order chi connectivity index (χ1) is 7.63. The van der Waals surface area contributed by atoms with E-state index in [0.29, 0.717) is 11.8 Å². The largest absolute Gasteiger partial charge is 0.275 e. The Bertz CT molecular complexity index is 335. The maximum Gasteiger partial charge on any atom is 0.155 e. The zero-order valence-electron chi connectivity index (χ0n) is 10.4. The second-order valence-electron chi connectivity index (χ2n) is 4.89. The molecule has 0 fully saturated rings. The van der Waals surface area contributed by atoms with E-state index in [1.165, 1.54) is 11.1 Å². The molecule has 0 spiro atoms. The van der Waals surface area contributed by atoms with Crippen molar-refractivity contribution in [3.05, 3.63) is 35.4 Å². The highest BCUT2D eigenvalue weighted by atomic mass is 31.1. The SMILES string of the molecule is Cc1ccccc1CC(C)CC(C)CP=O. The average molecular weight is 236 g/mol. The third-order valence-electron chi connectivity index (χ3n) is 3.02. The van der Waals surface area contributed by atoms with Crippen molar-refractivity contribution < 1.29 is 4.57 Å². The highest BCUT2D eigenvalue weighted by Crippen LogP contribution is 2.20. The lowest BCUT2D eigenvalue weighted by Gasteiger charge is -2.16. The molecule has 1 rings (SSSR count). The molecule has 0 radical (unpaired) electrons. The van der Waals surface area contributed by atoms with Crippen molar-refractivity contribution >= 4 is 8.46 Å². The normalized spacial score (nSPS) is 14.9. The molecule has 1 aromatic carbocycles. The Morgan fingerprint density at radius 1 is 1.19 bits per heavy atom. The maximum atomic E-state index is 10.5. The number of hydrogen-bond acceptors (Lipinski definition) is 1. The summed E-state index contributed by atoms with van der Waals surface area (Å²) in [5.41, 5.74) is 2.82. The van der Waals surface area contributed by atoms with Gasteiger partial charge in [-0.3, -0.25) is 4.57 Å². The van der Waals surface area contributed by atoms with Crippen LogP contribution in [0.4, 0.5) is 0 Å². The van der Waals surface area contributed by atoms with Gasteiger partial charge in [-0.25, -0.2) is 0 Å². The Morgan fingerprint density at radius 3 is 2.50 bits per heavy atom. The Balaban J connectivity index is 2.48. The van der Waals surface area contributed by atoms with Crippen LogP contribution in [0, 0.1) is 18.8 Å². The zero-order chi connectivity index (χ0) is 12.0. The van der Waals surface area contributed by atoms with Crippen molar-refractivity contribution in [1.29, 1.82) is 0 Å². The molecule has 1 nitrogen and oxygen atoms in total. The van der Waals surface area contributed by atoms with Crippen molar-refractivity contribution in [3.8, 4) is 0 Å². The van der Waals surface area contributed by atoms with Crippen LogP contribution >= 0.6 is 8.46 Å². The van der Waals surface area contributed by atoms with E-state index in [1.54, 1.807) is 0 Å². The first-order valence-electron chi connectivity index (χ1n) is 5.97. The molecule has 0 aromatic heterocycles. The van der Waals surface area contributed by atoms with Crippen molar-refractivity contribution in [3.63, 3.8) is 0 Å². The van der Waals surface area contributed by atoms with Gasteiger partial charge in [-0.1, -0.05) is 38.1 Å². The fourth-order valence-electron chi connectivity index (χ4n) is 2.19. The van der Waals surface area contributed by atoms with Gasteiger partial charge in [0.2, 0.25) is 0 Å². The van der Waals surface area contributed by atoms with Gasteiger partial charge in [-0.05, 0) is 42.7 Å². The highest BCUT2D eigenvalue weighted by molar-refractivity contribution is 7.23. The van der Waals surface area contributed by atoms with E-state index in [2.05, 4.69) is 45.0 Å². The van der Waals surface area contributed by atoms with Crippen LogP contribution in [0.3, 0.4) is 0 Å². The molecule has 0 heterocycles. The monoisotopic (exact) mass is 236 g/mol. The molecule has 0 aliphatic carbocycles. The van der Waals surface area contributed by atoms with Gasteiger partial charge in [-0.2, -0.15) is 0 Å². The molecule has 0 saturated carbocycles. The summed E-state index contributed by atoms with van der Waals surface area (Å²) >= 11 is 0. The highest BCUT2D eigenvalue weighted by Gasteiger charge is 2.10. The summed E-state index contributed by atoms with van der Waals surface area (Å²) in [4.78, 5) is 0. The van der Waals surface area contributed by atoms with Crippen LogP contribution in [0.25, 0.3) is 0 Å². The van der Waals surface area contributed by atoms with E-state index in [9.17, 15) is 4.57 Å². The van der Waals surface area contributed by atoms with E-state index in [-0.39, 0.29) is 8.46 Å². The average Bonchev–Trinajstić information content (AvgIpc) is 2.21. The molecule has 2 atom stereocenters. The molecule has 0 bridgehead atoms. The minimum Gasteiger partial charge on any atom is -0.275 e. The van der Waals surface area contributed by atoms with Crippen LogP contribution in [0.1, 0.15) is 31.4 Å². The smallest absolute Gasteiger partial charge is 0.155 e. The summed E-state index contributed by atoms with van der Waals surface area (Å²) in [6, 6.07) is 8.57. The van der Waals surface area contributed by atoms with Crippen molar-refractivity contribution in [2.24, 2.45) is 11.8 Å². The standard InChI is InChI=1S/C14H21OP/c1-11(8-12(2)10-16-15)9-14-7-5-4-6-13(14)3/h4-7,11-12H,8-10H2,1-3H3. The fraction of sp³-hybridized carbons (Fsp3) is 0.571. The minimum absolute atomic E-state index is 0.282. The Morgan fingerprint density at radius 2 is 1.88 bits per heavy atom. The maximum absolute atomic E-state index is 10.5. The summed E-state index contributed by atoms with van der Waals surface area (Å²) in [5, 5.41) is 0. The molecule has 0 aliphatic rings. The number of aryl methyl sites for hydroxylation is 1. The first kappa shape index (κ1) is 13.4. The molecule has 0 saturated heterocycles. The van der Waals surface area contributed by atoms with Crippen LogP contribution in [0.15, 0.2) is 24.3 Å². The van der Waals surface area contributed by atoms with Crippen LogP contribution < -0.4 is 0 Å². The summed E-state index contributed by atoms with van der Waals surface area (Å²) in [7, 11) is 0.282. The molecular formula is C14H21OP. The first-order valence-corrected chi connectivity index (χ1v) is 6.97. The molecule has 1 aromatic rings. The van der Waals surface area contributed by atoms with Crippen molar-refractivity contribution in [1.82, 2.24) is 0 Å². The van der Waals surface area contributed by atoms with Crippen LogP contribution in [-0.4, -0.2) is 6.16 Å². The van der Waals surface area contributed by atoms with Crippen LogP contribution in [-0.2, 0) is 11.0 Å². The van der Waals surface area contributed by atoms with E-state index in [4.69, 9.17) is 0 Å². The Labute approximate surface area is 100 Å². The quantitative estimate of drug-likeness (QED) is 0.665. The van der Waals surface area contributed by atoms with Crippen molar-refractivity contribution in [2.75, 3.05) is 6.16 Å². The lowest BCUT2D eigenvalue weighted by molar-refractivity contribution is 0.438. The number of benzene rings is 1. The van der Waals surface area contributed by atoms with E-state index in [0.717, 1.165) is 19.0 Å². The van der Waals surface area contributed by atoms with E-state index >= 15 is 0 Å². The molecule has 2 heteroatoms. The molecule has 2 unspecified atom stereocenters. The predicted molar refractivity (Wildman–Crippen MR) is 70.3 cm³/mol. The van der Waals surface area contributed by atoms with Gasteiger partial charge in [0.05, 0.1) is 0 Å². The van der Waals surface area contributed by atoms with Gasteiger partial charge in [-0.15, -0.1) is 0 Å². The number of hydrogen-bond donors (Lipinski definition) is 0. The second kappa shape index (κ2) is 6.81. The van der Waals surface area contributed by atoms with Gasteiger partial charge >= 0.3 is 0 Å². The molecule has 0 amide bonds. The second-order valence-corrected chi connectivity index (χ2v) is 5.51. The third-order valence-corrected chi connectivity index (χ3v) is 3.79. The van der Waals surface area contributed by atoms with E-state index < -0.39 is 0 Å². The minimum atomic E-state index is 0.282. The Kier molecular flexibility index (Phi) is 5.69. The van der Waals surface area contributed by atoms with Gasteiger partial charge in [0.15, 0.2) is 8.46 Å². The van der Waals surface area contributed by atoms with Gasteiger partial charge in [0.1, 0.15) is 0 Å². The molecule has 88 valence electrons. The molecular weight excluding hydrogens is 215 g/mol. The summed E-state index contributed by atoms with van der Waals surface area (Å²) in [5.74, 6) is 1.22. The molecule has 0 aliphatic heterocycles. The lowest BCUT2D eigenvalue weighted by Crippen LogP contribution is -2.08. The summed E-state index contributed by atoms with van der Waals surface area (Å²) < 4.78 is 10.5. The van der Waals surface area contributed by atoms with E-state index in [1.807, 2.05) is 0 Å². The van der Waals surface area contributed by atoms with Gasteiger partial charge < -0.3 is 0 Å². The van der Waals surface area contributed by atoms with Gasteiger partial charge in [0.25, 0.3) is 0 Å². The van der Waals surface area contributed by atoms with Crippen LogP contribution in [0.5, 0.6) is 0 Å². The topological polar surface area (TPSA) is 17.1 Å². The van der Waals surface area contributed by atoms with Crippen molar-refractivity contribution in [2.45, 2.75) is 33.6 Å². The Hall–Kier alpha value is -0.680. The summed E-state index contributed by atoms with van der Waals surface area (Å²) in [6.07, 6.45) is 3.08. The molecule has 0 N–H and O–H groups in total. The zero-order valence-corrected chi connectivity index (χ0v) is 11.3. The molecule has 16 heavy (non-hydrogen) atoms. The number of rotatable bonds is 6. The van der Waals surface area contributed by atoms with Gasteiger partial charge in [0, 0.05) is 6.16 Å². The predicted octanol–water partition coefficient (Wildman–Crippen LogP) is 4.49. The summed E-state index contributed by atoms with van der Waals surface area (Å²) in [6.45, 7) is 6.63.